The summed E-state index contributed by atoms with van der Waals surface area (Å²) in [5.41, 5.74) is 3.48. The third kappa shape index (κ3) is 1.44. The quantitative estimate of drug-likeness (QED) is 0.779. The molecule has 1 heterocycles. The van der Waals surface area contributed by atoms with Gasteiger partial charge >= 0.3 is 0 Å². The maximum absolute atomic E-state index is 5.36. The zero-order chi connectivity index (χ0) is 11.0. The van der Waals surface area contributed by atoms with Gasteiger partial charge in [-0.2, -0.15) is 0 Å². The molecule has 1 aliphatic carbocycles. The summed E-state index contributed by atoms with van der Waals surface area (Å²) in [6.45, 7) is 2.26. The number of hydrogen-bond donors (Lipinski definition) is 1. The van der Waals surface area contributed by atoms with E-state index >= 15 is 0 Å². The Hall–Kier alpha value is -1.02. The van der Waals surface area contributed by atoms with Gasteiger partial charge in [0.25, 0.3) is 0 Å². The molecule has 2 heteroatoms. The normalized spacial score (nSPS) is 22.1. The number of hydrogen-bond acceptors (Lipinski definition) is 2. The van der Waals surface area contributed by atoms with E-state index in [-0.39, 0.29) is 0 Å². The van der Waals surface area contributed by atoms with Crippen molar-refractivity contribution in [2.45, 2.75) is 31.1 Å². The van der Waals surface area contributed by atoms with Gasteiger partial charge in [-0.05, 0) is 49.1 Å². The monoisotopic (exact) mass is 217 g/mol. The second-order valence-electron chi connectivity index (χ2n) is 5.08. The topological polar surface area (TPSA) is 21.3 Å². The van der Waals surface area contributed by atoms with Crippen LogP contribution in [0, 0.1) is 0 Å². The molecule has 1 N–H and O–H groups in total. The summed E-state index contributed by atoms with van der Waals surface area (Å²) in [6.07, 6.45) is 5.19. The van der Waals surface area contributed by atoms with Gasteiger partial charge in [0.15, 0.2) is 0 Å². The molecule has 1 fully saturated rings. The van der Waals surface area contributed by atoms with Crippen molar-refractivity contribution in [2.24, 2.45) is 0 Å². The van der Waals surface area contributed by atoms with E-state index in [1.165, 1.54) is 24.8 Å². The predicted octanol–water partition coefficient (Wildman–Crippen LogP) is 2.26. The largest absolute Gasteiger partial charge is 0.497 e. The molecule has 0 atom stereocenters. The van der Waals surface area contributed by atoms with E-state index in [0.29, 0.717) is 5.41 Å². The van der Waals surface area contributed by atoms with Crippen molar-refractivity contribution < 1.29 is 4.74 Å². The van der Waals surface area contributed by atoms with Crippen LogP contribution in [0.4, 0.5) is 0 Å². The Bertz CT molecular complexity index is 396. The van der Waals surface area contributed by atoms with Crippen molar-refractivity contribution in [1.29, 1.82) is 0 Å². The van der Waals surface area contributed by atoms with Crippen molar-refractivity contribution in [1.82, 2.24) is 5.32 Å². The fourth-order valence-corrected chi connectivity index (χ4v) is 3.09. The fraction of sp³-hybridized carbons (Fsp3) is 0.571. The molecule has 0 saturated heterocycles. The molecule has 16 heavy (non-hydrogen) atoms. The minimum absolute atomic E-state index is 0.417. The first kappa shape index (κ1) is 10.2. The summed E-state index contributed by atoms with van der Waals surface area (Å²) >= 11 is 0. The molecule has 0 radical (unpaired) electrons. The standard InChI is InChI=1S/C14H19NO/c1-16-12-4-3-11-5-8-15-10-14(6-2-7-14)13(11)9-12/h3-4,9,15H,2,5-8,10H2,1H3. The number of nitrogens with one attached hydrogen (secondary N) is 1. The first-order valence-corrected chi connectivity index (χ1v) is 6.22. The van der Waals surface area contributed by atoms with Crippen molar-refractivity contribution in [2.75, 3.05) is 20.2 Å². The van der Waals surface area contributed by atoms with E-state index in [1.54, 1.807) is 12.7 Å². The molecule has 1 spiro atoms. The number of ether oxygens (including phenoxy) is 1. The molecule has 0 aromatic heterocycles. The lowest BCUT2D eigenvalue weighted by Gasteiger charge is -2.42. The van der Waals surface area contributed by atoms with Gasteiger partial charge < -0.3 is 10.1 Å². The lowest BCUT2D eigenvalue weighted by molar-refractivity contribution is 0.238. The van der Waals surface area contributed by atoms with E-state index in [9.17, 15) is 0 Å². The van der Waals surface area contributed by atoms with E-state index in [1.807, 2.05) is 0 Å². The number of rotatable bonds is 1. The molecule has 86 valence electrons. The Morgan fingerprint density at radius 1 is 1.31 bits per heavy atom. The molecule has 2 nitrogen and oxygen atoms in total. The summed E-state index contributed by atoms with van der Waals surface area (Å²) in [4.78, 5) is 0. The van der Waals surface area contributed by atoms with Gasteiger partial charge in [0, 0.05) is 12.0 Å². The Kier molecular flexibility index (Phi) is 2.40. The van der Waals surface area contributed by atoms with Crippen LogP contribution in [0.2, 0.25) is 0 Å². The van der Waals surface area contributed by atoms with Crippen LogP contribution in [-0.4, -0.2) is 20.2 Å². The molecule has 0 unspecified atom stereocenters. The Labute approximate surface area is 97.0 Å². The first-order valence-electron chi connectivity index (χ1n) is 6.22. The van der Waals surface area contributed by atoms with E-state index in [0.717, 1.165) is 25.3 Å². The van der Waals surface area contributed by atoms with Gasteiger partial charge in [-0.15, -0.1) is 0 Å². The van der Waals surface area contributed by atoms with Crippen molar-refractivity contribution >= 4 is 0 Å². The maximum Gasteiger partial charge on any atom is 0.119 e. The highest BCUT2D eigenvalue weighted by Gasteiger charge is 2.40. The first-order chi connectivity index (χ1) is 7.84. The molecule has 0 amide bonds. The van der Waals surface area contributed by atoms with Gasteiger partial charge in [0.1, 0.15) is 5.75 Å². The van der Waals surface area contributed by atoms with Crippen LogP contribution in [0.3, 0.4) is 0 Å². The van der Waals surface area contributed by atoms with Gasteiger partial charge in [0.05, 0.1) is 7.11 Å². The molecule has 1 aromatic rings. The third-order valence-corrected chi connectivity index (χ3v) is 4.23. The molecule has 1 aliphatic heterocycles. The van der Waals surface area contributed by atoms with E-state index in [4.69, 9.17) is 4.74 Å². The lowest BCUT2D eigenvalue weighted by atomic mass is 9.63. The summed E-state index contributed by atoms with van der Waals surface area (Å²) in [7, 11) is 1.75. The summed E-state index contributed by atoms with van der Waals surface area (Å²) < 4.78 is 5.36. The zero-order valence-electron chi connectivity index (χ0n) is 9.88. The summed E-state index contributed by atoms with van der Waals surface area (Å²) in [5.74, 6) is 1.01. The fourth-order valence-electron chi connectivity index (χ4n) is 3.09. The minimum Gasteiger partial charge on any atom is -0.497 e. The van der Waals surface area contributed by atoms with Gasteiger partial charge in [-0.25, -0.2) is 0 Å². The lowest BCUT2D eigenvalue weighted by Crippen LogP contribution is -2.42. The van der Waals surface area contributed by atoms with Crippen molar-refractivity contribution in [3.05, 3.63) is 29.3 Å². The molecule has 1 saturated carbocycles. The highest BCUT2D eigenvalue weighted by molar-refractivity contribution is 5.43. The van der Waals surface area contributed by atoms with E-state index < -0.39 is 0 Å². The molecular weight excluding hydrogens is 198 g/mol. The summed E-state index contributed by atoms with van der Waals surface area (Å²) in [6, 6.07) is 6.61. The summed E-state index contributed by atoms with van der Waals surface area (Å²) in [5, 5.41) is 3.58. The number of fused-ring (bicyclic) bond motifs is 2. The van der Waals surface area contributed by atoms with Gasteiger partial charge in [-0.3, -0.25) is 0 Å². The van der Waals surface area contributed by atoms with Crippen LogP contribution in [0.1, 0.15) is 30.4 Å². The second-order valence-corrected chi connectivity index (χ2v) is 5.08. The minimum atomic E-state index is 0.417. The third-order valence-electron chi connectivity index (χ3n) is 4.23. The van der Waals surface area contributed by atoms with Crippen LogP contribution in [0.25, 0.3) is 0 Å². The highest BCUT2D eigenvalue weighted by Crippen LogP contribution is 2.46. The van der Waals surface area contributed by atoms with Crippen molar-refractivity contribution in [3.63, 3.8) is 0 Å². The van der Waals surface area contributed by atoms with Crippen LogP contribution in [-0.2, 0) is 11.8 Å². The van der Waals surface area contributed by atoms with Crippen LogP contribution >= 0.6 is 0 Å². The molecule has 2 aliphatic rings. The Balaban J connectivity index is 2.07. The Morgan fingerprint density at radius 3 is 2.88 bits per heavy atom. The van der Waals surface area contributed by atoms with Crippen LogP contribution < -0.4 is 10.1 Å². The zero-order valence-corrected chi connectivity index (χ0v) is 9.88. The van der Waals surface area contributed by atoms with E-state index in [2.05, 4.69) is 23.5 Å². The molecular formula is C14H19NO. The van der Waals surface area contributed by atoms with Crippen LogP contribution in [0.15, 0.2) is 18.2 Å². The highest BCUT2D eigenvalue weighted by atomic mass is 16.5. The maximum atomic E-state index is 5.36. The van der Waals surface area contributed by atoms with Gasteiger partial charge in [-0.1, -0.05) is 12.5 Å². The SMILES string of the molecule is COc1ccc2c(c1)C1(CCC1)CNCC2. The molecule has 0 bridgehead atoms. The predicted molar refractivity (Wildman–Crippen MR) is 65.1 cm³/mol. The smallest absolute Gasteiger partial charge is 0.119 e. The van der Waals surface area contributed by atoms with Crippen molar-refractivity contribution in [3.8, 4) is 5.75 Å². The average molecular weight is 217 g/mol. The number of benzene rings is 1. The number of methoxy groups -OCH3 is 1. The molecule has 3 rings (SSSR count). The second kappa shape index (κ2) is 3.77. The average Bonchev–Trinajstić information content (AvgIpc) is 2.46. The van der Waals surface area contributed by atoms with Gasteiger partial charge in [0.2, 0.25) is 0 Å². The van der Waals surface area contributed by atoms with Crippen LogP contribution in [0.5, 0.6) is 5.75 Å². The molecule has 1 aromatic carbocycles. The Morgan fingerprint density at radius 2 is 2.19 bits per heavy atom.